The van der Waals surface area contributed by atoms with E-state index in [4.69, 9.17) is 4.74 Å². The van der Waals surface area contributed by atoms with Crippen LogP contribution in [-0.2, 0) is 0 Å². The summed E-state index contributed by atoms with van der Waals surface area (Å²) in [7, 11) is 5.69. The van der Waals surface area contributed by atoms with E-state index in [1.165, 1.54) is 5.56 Å². The van der Waals surface area contributed by atoms with E-state index in [1.54, 1.807) is 13.3 Å². The molecule has 0 bridgehead atoms. The lowest BCUT2D eigenvalue weighted by molar-refractivity contribution is 0.408. The number of rotatable bonds is 5. The maximum atomic E-state index is 5.47. The molecule has 1 aromatic heterocycles. The zero-order valence-corrected chi connectivity index (χ0v) is 13.3. The van der Waals surface area contributed by atoms with Crippen LogP contribution in [0.5, 0.6) is 5.75 Å². The number of nitrogens with one attached hydrogen (secondary N) is 1. The molecule has 4 heteroatoms. The molecule has 0 aliphatic rings. The standard InChI is InChI=1S/C17H23N3O/c1-12-8-9-16(21-5)14(11-12)13(2)19-15-7-6-10-18-17(15)20(3)4/h6-11,13,19H,1-5H3. The molecule has 0 fully saturated rings. The third-order valence-corrected chi connectivity index (χ3v) is 3.43. The van der Waals surface area contributed by atoms with Crippen LogP contribution >= 0.6 is 0 Å². The average Bonchev–Trinajstić information content (AvgIpc) is 2.47. The van der Waals surface area contributed by atoms with Crippen LogP contribution in [0.4, 0.5) is 11.5 Å². The summed E-state index contributed by atoms with van der Waals surface area (Å²) < 4.78 is 5.47. The molecule has 0 spiro atoms. The highest BCUT2D eigenvalue weighted by Crippen LogP contribution is 2.31. The minimum absolute atomic E-state index is 0.128. The predicted molar refractivity (Wildman–Crippen MR) is 88.3 cm³/mol. The normalized spacial score (nSPS) is 11.9. The predicted octanol–water partition coefficient (Wildman–Crippen LogP) is 3.64. The van der Waals surface area contributed by atoms with Gasteiger partial charge in [-0.2, -0.15) is 0 Å². The van der Waals surface area contributed by atoms with E-state index in [0.717, 1.165) is 22.8 Å². The maximum Gasteiger partial charge on any atom is 0.151 e. The quantitative estimate of drug-likeness (QED) is 0.910. The van der Waals surface area contributed by atoms with Crippen LogP contribution in [0, 0.1) is 6.92 Å². The average molecular weight is 285 g/mol. The van der Waals surface area contributed by atoms with E-state index >= 15 is 0 Å². The lowest BCUT2D eigenvalue weighted by Gasteiger charge is -2.22. The van der Waals surface area contributed by atoms with Gasteiger partial charge < -0.3 is 15.0 Å². The molecule has 1 N–H and O–H groups in total. The molecule has 0 saturated carbocycles. The topological polar surface area (TPSA) is 37.4 Å². The van der Waals surface area contributed by atoms with Crippen LogP contribution in [0.25, 0.3) is 0 Å². The number of hydrogen-bond donors (Lipinski definition) is 1. The number of aryl methyl sites for hydroxylation is 1. The van der Waals surface area contributed by atoms with Crippen molar-refractivity contribution in [3.05, 3.63) is 47.7 Å². The highest BCUT2D eigenvalue weighted by Gasteiger charge is 2.14. The van der Waals surface area contributed by atoms with Crippen molar-refractivity contribution in [2.45, 2.75) is 19.9 Å². The van der Waals surface area contributed by atoms with Crippen LogP contribution in [0.3, 0.4) is 0 Å². The van der Waals surface area contributed by atoms with Gasteiger partial charge in [0.25, 0.3) is 0 Å². The third kappa shape index (κ3) is 3.45. The van der Waals surface area contributed by atoms with E-state index in [-0.39, 0.29) is 6.04 Å². The monoisotopic (exact) mass is 285 g/mol. The fourth-order valence-electron chi connectivity index (χ4n) is 2.37. The van der Waals surface area contributed by atoms with Gasteiger partial charge in [0.05, 0.1) is 18.8 Å². The molecule has 1 heterocycles. The molecule has 112 valence electrons. The Morgan fingerprint density at radius 3 is 2.67 bits per heavy atom. The summed E-state index contributed by atoms with van der Waals surface area (Å²) in [5, 5.41) is 3.53. The van der Waals surface area contributed by atoms with Crippen molar-refractivity contribution in [2.24, 2.45) is 0 Å². The third-order valence-electron chi connectivity index (χ3n) is 3.43. The molecular formula is C17H23N3O. The molecule has 4 nitrogen and oxygen atoms in total. The van der Waals surface area contributed by atoms with Crippen molar-refractivity contribution in [1.82, 2.24) is 4.98 Å². The Kier molecular flexibility index (Phi) is 4.68. The van der Waals surface area contributed by atoms with E-state index in [9.17, 15) is 0 Å². The molecule has 0 aliphatic heterocycles. The van der Waals surface area contributed by atoms with Crippen LogP contribution in [0.15, 0.2) is 36.5 Å². The Bertz CT molecular complexity index is 611. The second-order valence-electron chi connectivity index (χ2n) is 5.38. The molecule has 1 aromatic carbocycles. The first-order chi connectivity index (χ1) is 10.0. The fourth-order valence-corrected chi connectivity index (χ4v) is 2.37. The smallest absolute Gasteiger partial charge is 0.151 e. The van der Waals surface area contributed by atoms with Crippen LogP contribution in [0.2, 0.25) is 0 Å². The summed E-state index contributed by atoms with van der Waals surface area (Å²) >= 11 is 0. The second kappa shape index (κ2) is 6.48. The summed E-state index contributed by atoms with van der Waals surface area (Å²) in [6.07, 6.45) is 1.80. The van der Waals surface area contributed by atoms with Crippen molar-refractivity contribution in [3.8, 4) is 5.75 Å². The summed E-state index contributed by atoms with van der Waals surface area (Å²) in [4.78, 5) is 6.42. The fraction of sp³-hybridized carbons (Fsp3) is 0.353. The molecule has 1 unspecified atom stereocenters. The first-order valence-corrected chi connectivity index (χ1v) is 7.06. The summed E-state index contributed by atoms with van der Waals surface area (Å²) in [6.45, 7) is 4.22. The molecule has 0 amide bonds. The Balaban J connectivity index is 2.30. The van der Waals surface area contributed by atoms with Gasteiger partial charge in [0, 0.05) is 25.9 Å². The van der Waals surface area contributed by atoms with Gasteiger partial charge in [-0.3, -0.25) is 0 Å². The number of methoxy groups -OCH3 is 1. The largest absolute Gasteiger partial charge is 0.496 e. The lowest BCUT2D eigenvalue weighted by atomic mass is 10.0. The second-order valence-corrected chi connectivity index (χ2v) is 5.38. The van der Waals surface area contributed by atoms with Gasteiger partial charge in [-0.25, -0.2) is 4.98 Å². The van der Waals surface area contributed by atoms with Crippen molar-refractivity contribution in [1.29, 1.82) is 0 Å². The number of aromatic nitrogens is 1. The van der Waals surface area contributed by atoms with E-state index in [2.05, 4.69) is 36.3 Å². The SMILES string of the molecule is COc1ccc(C)cc1C(C)Nc1cccnc1N(C)C. The Morgan fingerprint density at radius 2 is 2.00 bits per heavy atom. The zero-order valence-electron chi connectivity index (χ0n) is 13.3. The van der Waals surface area contributed by atoms with Crippen LogP contribution in [-0.4, -0.2) is 26.2 Å². The lowest BCUT2D eigenvalue weighted by Crippen LogP contribution is -2.15. The number of ether oxygens (including phenoxy) is 1. The van der Waals surface area contributed by atoms with Gasteiger partial charge in [0.1, 0.15) is 5.75 Å². The zero-order chi connectivity index (χ0) is 15.4. The number of anilines is 2. The molecule has 1 atom stereocenters. The van der Waals surface area contributed by atoms with E-state index in [0.29, 0.717) is 0 Å². The summed E-state index contributed by atoms with van der Waals surface area (Å²) in [5.74, 6) is 1.83. The van der Waals surface area contributed by atoms with Gasteiger partial charge in [0.2, 0.25) is 0 Å². The number of hydrogen-bond acceptors (Lipinski definition) is 4. The van der Waals surface area contributed by atoms with E-state index in [1.807, 2.05) is 37.2 Å². The van der Waals surface area contributed by atoms with Gasteiger partial charge in [-0.05, 0) is 32.0 Å². The van der Waals surface area contributed by atoms with Crippen molar-refractivity contribution in [2.75, 3.05) is 31.4 Å². The van der Waals surface area contributed by atoms with Gasteiger partial charge in [-0.15, -0.1) is 0 Å². The molecule has 0 saturated heterocycles. The highest BCUT2D eigenvalue weighted by molar-refractivity contribution is 5.65. The van der Waals surface area contributed by atoms with Crippen molar-refractivity contribution < 1.29 is 4.74 Å². The van der Waals surface area contributed by atoms with Crippen molar-refractivity contribution >= 4 is 11.5 Å². The molecule has 2 aromatic rings. The number of benzene rings is 1. The Morgan fingerprint density at radius 1 is 1.24 bits per heavy atom. The Labute approximate surface area is 126 Å². The molecule has 0 aliphatic carbocycles. The van der Waals surface area contributed by atoms with E-state index < -0.39 is 0 Å². The number of nitrogens with zero attached hydrogens (tertiary/aromatic N) is 2. The summed E-state index contributed by atoms with van der Waals surface area (Å²) in [5.41, 5.74) is 3.38. The molecular weight excluding hydrogens is 262 g/mol. The van der Waals surface area contributed by atoms with Gasteiger partial charge >= 0.3 is 0 Å². The van der Waals surface area contributed by atoms with Gasteiger partial charge in [0.15, 0.2) is 5.82 Å². The summed E-state index contributed by atoms with van der Waals surface area (Å²) in [6, 6.07) is 10.3. The van der Waals surface area contributed by atoms with Gasteiger partial charge in [-0.1, -0.05) is 17.7 Å². The first-order valence-electron chi connectivity index (χ1n) is 7.06. The first kappa shape index (κ1) is 15.2. The molecule has 0 radical (unpaired) electrons. The molecule has 2 rings (SSSR count). The Hall–Kier alpha value is -2.23. The minimum Gasteiger partial charge on any atom is -0.496 e. The maximum absolute atomic E-state index is 5.47. The van der Waals surface area contributed by atoms with Crippen molar-refractivity contribution in [3.63, 3.8) is 0 Å². The highest BCUT2D eigenvalue weighted by atomic mass is 16.5. The number of pyridine rings is 1. The minimum atomic E-state index is 0.128. The molecule has 21 heavy (non-hydrogen) atoms. The van der Waals surface area contributed by atoms with Crippen LogP contribution in [0.1, 0.15) is 24.1 Å². The van der Waals surface area contributed by atoms with Crippen LogP contribution < -0.4 is 15.0 Å².